The van der Waals surface area contributed by atoms with Crippen molar-refractivity contribution in [1.29, 1.82) is 0 Å². The Morgan fingerprint density at radius 2 is 2.11 bits per heavy atom. The van der Waals surface area contributed by atoms with Gasteiger partial charge in [0.05, 0.1) is 9.40 Å². The Balaban J connectivity index is 2.71. The van der Waals surface area contributed by atoms with Crippen molar-refractivity contribution in [2.75, 3.05) is 6.54 Å². The molecule has 0 bridgehead atoms. The van der Waals surface area contributed by atoms with Crippen LogP contribution in [-0.2, 0) is 6.42 Å². The Morgan fingerprint density at radius 3 is 2.68 bits per heavy atom. The highest BCUT2D eigenvalue weighted by molar-refractivity contribution is 9.10. The lowest BCUT2D eigenvalue weighted by molar-refractivity contribution is -0.385. The molecule has 0 aliphatic carbocycles. The predicted octanol–water partition coefficient (Wildman–Crippen LogP) is 4.07. The van der Waals surface area contributed by atoms with Crippen LogP contribution in [0.5, 0.6) is 0 Å². The maximum Gasteiger partial charge on any atom is 0.283 e. The van der Waals surface area contributed by atoms with Crippen LogP contribution < -0.4 is 5.32 Å². The number of nitro benzene ring substituents is 1. The van der Waals surface area contributed by atoms with E-state index in [0.29, 0.717) is 10.5 Å². The summed E-state index contributed by atoms with van der Waals surface area (Å²) in [5, 5.41) is 14.3. The van der Waals surface area contributed by atoms with E-state index in [4.69, 9.17) is 0 Å². The summed E-state index contributed by atoms with van der Waals surface area (Å²) in [6.45, 7) is 5.24. The topological polar surface area (TPSA) is 55.2 Å². The Kier molecular flexibility index (Phi) is 7.02. The van der Waals surface area contributed by atoms with Gasteiger partial charge in [-0.1, -0.05) is 32.4 Å². The molecule has 1 aromatic carbocycles. The fourth-order valence-corrected chi connectivity index (χ4v) is 2.82. The lowest BCUT2D eigenvalue weighted by Gasteiger charge is -2.17. The minimum atomic E-state index is -0.346. The van der Waals surface area contributed by atoms with Crippen LogP contribution in [0.15, 0.2) is 22.7 Å². The van der Waals surface area contributed by atoms with E-state index >= 15 is 0 Å². The first kappa shape index (κ1) is 16.1. The number of hydrogen-bond donors (Lipinski definition) is 1. The summed E-state index contributed by atoms with van der Waals surface area (Å²) in [5.74, 6) is 0. The van der Waals surface area contributed by atoms with Crippen LogP contribution in [0, 0.1) is 10.1 Å². The molecule has 0 aliphatic heterocycles. The third-order valence-electron chi connectivity index (χ3n) is 3.15. The summed E-state index contributed by atoms with van der Waals surface area (Å²) >= 11 is 3.35. The average molecular weight is 329 g/mol. The summed E-state index contributed by atoms with van der Waals surface area (Å²) in [6, 6.07) is 5.72. The number of nitrogens with zero attached hydrogens (tertiary/aromatic N) is 1. The summed E-state index contributed by atoms with van der Waals surface area (Å²) in [4.78, 5) is 10.5. The maximum absolute atomic E-state index is 10.9. The SMILES string of the molecule is CCCC(CCc1cccc([N+](=O)[O-])c1Br)NCC. The van der Waals surface area contributed by atoms with Gasteiger partial charge in [0.15, 0.2) is 0 Å². The van der Waals surface area contributed by atoms with Gasteiger partial charge < -0.3 is 5.32 Å². The molecule has 0 heterocycles. The van der Waals surface area contributed by atoms with E-state index in [1.807, 2.05) is 6.07 Å². The van der Waals surface area contributed by atoms with Gasteiger partial charge in [0.2, 0.25) is 0 Å². The number of nitrogens with one attached hydrogen (secondary N) is 1. The van der Waals surface area contributed by atoms with Crippen molar-refractivity contribution in [3.63, 3.8) is 0 Å². The smallest absolute Gasteiger partial charge is 0.283 e. The van der Waals surface area contributed by atoms with Gasteiger partial charge in [-0.05, 0) is 47.3 Å². The standard InChI is InChI=1S/C14H21BrN2O2/c1-3-6-12(16-4-2)10-9-11-7-5-8-13(14(11)15)17(18)19/h5,7-8,12,16H,3-4,6,9-10H2,1-2H3. The molecule has 0 aliphatic rings. The molecule has 1 rings (SSSR count). The Bertz CT molecular complexity index is 418. The van der Waals surface area contributed by atoms with Crippen LogP contribution in [0.4, 0.5) is 5.69 Å². The molecule has 0 amide bonds. The number of rotatable bonds is 8. The Hall–Kier alpha value is -0.940. The van der Waals surface area contributed by atoms with Crippen molar-refractivity contribution in [1.82, 2.24) is 5.32 Å². The largest absolute Gasteiger partial charge is 0.314 e. The highest BCUT2D eigenvalue weighted by Crippen LogP contribution is 2.29. The van der Waals surface area contributed by atoms with Crippen molar-refractivity contribution in [2.45, 2.75) is 45.6 Å². The van der Waals surface area contributed by atoms with Crippen molar-refractivity contribution in [3.8, 4) is 0 Å². The van der Waals surface area contributed by atoms with Gasteiger partial charge in [-0.3, -0.25) is 10.1 Å². The summed E-state index contributed by atoms with van der Waals surface area (Å²) < 4.78 is 0.617. The van der Waals surface area contributed by atoms with Crippen molar-refractivity contribution in [3.05, 3.63) is 38.3 Å². The fourth-order valence-electron chi connectivity index (χ4n) is 2.22. The minimum Gasteiger partial charge on any atom is -0.314 e. The van der Waals surface area contributed by atoms with Gasteiger partial charge in [-0.15, -0.1) is 0 Å². The van der Waals surface area contributed by atoms with Gasteiger partial charge in [-0.25, -0.2) is 0 Å². The molecule has 0 fully saturated rings. The lowest BCUT2D eigenvalue weighted by Crippen LogP contribution is -2.29. The summed E-state index contributed by atoms with van der Waals surface area (Å²) in [5.41, 5.74) is 1.15. The number of benzene rings is 1. The van der Waals surface area contributed by atoms with E-state index in [2.05, 4.69) is 35.1 Å². The zero-order chi connectivity index (χ0) is 14.3. The van der Waals surface area contributed by atoms with Gasteiger partial charge >= 0.3 is 0 Å². The Labute approximate surface area is 122 Å². The highest BCUT2D eigenvalue weighted by Gasteiger charge is 2.15. The molecule has 0 saturated heterocycles. The van der Waals surface area contributed by atoms with E-state index in [1.54, 1.807) is 6.07 Å². The zero-order valence-corrected chi connectivity index (χ0v) is 13.1. The second-order valence-corrected chi connectivity index (χ2v) is 5.38. The molecule has 1 N–H and O–H groups in total. The molecule has 1 aromatic rings. The van der Waals surface area contributed by atoms with Gasteiger partial charge in [0, 0.05) is 12.1 Å². The first-order valence-corrected chi connectivity index (χ1v) is 7.54. The summed E-state index contributed by atoms with van der Waals surface area (Å²) in [6.07, 6.45) is 4.13. The second-order valence-electron chi connectivity index (χ2n) is 4.59. The van der Waals surface area contributed by atoms with Crippen LogP contribution in [-0.4, -0.2) is 17.5 Å². The van der Waals surface area contributed by atoms with Crippen molar-refractivity contribution >= 4 is 21.6 Å². The third-order valence-corrected chi connectivity index (χ3v) is 4.06. The zero-order valence-electron chi connectivity index (χ0n) is 11.5. The highest BCUT2D eigenvalue weighted by atomic mass is 79.9. The summed E-state index contributed by atoms with van der Waals surface area (Å²) in [7, 11) is 0. The molecule has 5 heteroatoms. The minimum absolute atomic E-state index is 0.146. The quantitative estimate of drug-likeness (QED) is 0.578. The average Bonchev–Trinajstić information content (AvgIpc) is 2.37. The maximum atomic E-state index is 10.9. The van der Waals surface area contributed by atoms with Crippen molar-refractivity contribution in [2.24, 2.45) is 0 Å². The van der Waals surface area contributed by atoms with Crippen LogP contribution >= 0.6 is 15.9 Å². The van der Waals surface area contributed by atoms with Crippen molar-refractivity contribution < 1.29 is 4.92 Å². The monoisotopic (exact) mass is 328 g/mol. The van der Waals surface area contributed by atoms with Gasteiger partial charge in [0.25, 0.3) is 5.69 Å². The molecule has 0 aromatic heterocycles. The van der Waals surface area contributed by atoms with Gasteiger partial charge in [-0.2, -0.15) is 0 Å². The van der Waals surface area contributed by atoms with E-state index in [0.717, 1.165) is 37.8 Å². The third kappa shape index (κ3) is 4.91. The number of hydrogen-bond acceptors (Lipinski definition) is 3. The molecule has 1 atom stereocenters. The molecule has 19 heavy (non-hydrogen) atoms. The molecular formula is C14H21BrN2O2. The van der Waals surface area contributed by atoms with Crippen LogP contribution in [0.3, 0.4) is 0 Å². The molecular weight excluding hydrogens is 308 g/mol. The Morgan fingerprint density at radius 1 is 1.37 bits per heavy atom. The molecule has 4 nitrogen and oxygen atoms in total. The van der Waals surface area contributed by atoms with Crippen LogP contribution in [0.25, 0.3) is 0 Å². The van der Waals surface area contributed by atoms with E-state index in [9.17, 15) is 10.1 Å². The predicted molar refractivity (Wildman–Crippen MR) is 81.5 cm³/mol. The molecule has 1 unspecified atom stereocenters. The molecule has 106 valence electrons. The normalized spacial score (nSPS) is 12.4. The number of aryl methyl sites for hydroxylation is 1. The first-order chi connectivity index (χ1) is 9.10. The number of nitro groups is 1. The fraction of sp³-hybridized carbons (Fsp3) is 0.571. The second kappa shape index (κ2) is 8.27. The van der Waals surface area contributed by atoms with Crippen LogP contribution in [0.1, 0.15) is 38.7 Å². The lowest BCUT2D eigenvalue weighted by atomic mass is 10.0. The molecule has 0 spiro atoms. The molecule has 0 radical (unpaired) electrons. The van der Waals surface area contributed by atoms with E-state index < -0.39 is 0 Å². The molecule has 0 saturated carbocycles. The van der Waals surface area contributed by atoms with Gasteiger partial charge in [0.1, 0.15) is 0 Å². The number of halogens is 1. The van der Waals surface area contributed by atoms with E-state index in [-0.39, 0.29) is 10.6 Å². The van der Waals surface area contributed by atoms with E-state index in [1.165, 1.54) is 6.07 Å². The van der Waals surface area contributed by atoms with Crippen LogP contribution in [0.2, 0.25) is 0 Å². The first-order valence-electron chi connectivity index (χ1n) is 6.75.